The average Bonchev–Trinajstić information content (AvgIpc) is 2.18. The van der Waals surface area contributed by atoms with Gasteiger partial charge in [0.2, 0.25) is 0 Å². The fourth-order valence-electron chi connectivity index (χ4n) is 0.846. The molecule has 0 aliphatic carbocycles. The fraction of sp³-hybridized carbons (Fsp3) is 1.00. The van der Waals surface area contributed by atoms with E-state index in [-0.39, 0.29) is 5.41 Å². The first-order chi connectivity index (χ1) is 7.22. The van der Waals surface area contributed by atoms with Crippen LogP contribution in [0.4, 0.5) is 0 Å². The van der Waals surface area contributed by atoms with Gasteiger partial charge in [0.05, 0.1) is 5.66 Å². The van der Waals surface area contributed by atoms with E-state index in [2.05, 4.69) is 20.8 Å². The minimum absolute atomic E-state index is 0.0347. The van der Waals surface area contributed by atoms with Crippen molar-refractivity contribution in [3.05, 3.63) is 0 Å². The molecule has 0 spiro atoms. The lowest BCUT2D eigenvalue weighted by Gasteiger charge is -2.37. The summed E-state index contributed by atoms with van der Waals surface area (Å²) in [5, 5.41) is 0. The maximum atomic E-state index is 5.70. The second-order valence-electron chi connectivity index (χ2n) is 5.16. The Morgan fingerprint density at radius 1 is 0.812 bits per heavy atom. The molecule has 4 nitrogen and oxygen atoms in total. The Morgan fingerprint density at radius 3 is 1.31 bits per heavy atom. The Labute approximate surface area is 101 Å². The molecule has 8 N–H and O–H groups in total. The maximum Gasteiger partial charge on any atom is 0.0659 e. The maximum absolute atomic E-state index is 5.70. The Hall–Kier alpha value is -0.160. The van der Waals surface area contributed by atoms with E-state index in [4.69, 9.17) is 22.9 Å². The minimum Gasteiger partial charge on any atom is -0.330 e. The Balaban J connectivity index is 0. The molecular weight excluding hydrogens is 200 g/mol. The minimum atomic E-state index is -0.554. The van der Waals surface area contributed by atoms with Crippen molar-refractivity contribution in [1.29, 1.82) is 0 Å². The van der Waals surface area contributed by atoms with Gasteiger partial charge >= 0.3 is 0 Å². The summed E-state index contributed by atoms with van der Waals surface area (Å²) < 4.78 is 0. The number of unbranched alkanes of at least 4 members (excludes halogenated alkanes) is 2. The van der Waals surface area contributed by atoms with Gasteiger partial charge in [0, 0.05) is 0 Å². The van der Waals surface area contributed by atoms with E-state index >= 15 is 0 Å². The highest BCUT2D eigenvalue weighted by Gasteiger charge is 2.31. The molecule has 16 heavy (non-hydrogen) atoms. The summed E-state index contributed by atoms with van der Waals surface area (Å²) in [7, 11) is 0. The van der Waals surface area contributed by atoms with Gasteiger partial charge in [0.15, 0.2) is 0 Å². The molecule has 0 atom stereocenters. The molecule has 0 aromatic heterocycles. The Morgan fingerprint density at radius 2 is 1.19 bits per heavy atom. The highest BCUT2D eigenvalue weighted by molar-refractivity contribution is 4.87. The zero-order chi connectivity index (χ0) is 13.2. The van der Waals surface area contributed by atoms with Crippen LogP contribution < -0.4 is 22.9 Å². The van der Waals surface area contributed by atoms with Gasteiger partial charge in [-0.05, 0) is 44.7 Å². The van der Waals surface area contributed by atoms with Crippen molar-refractivity contribution in [2.75, 3.05) is 13.1 Å². The third-order valence-corrected chi connectivity index (χ3v) is 3.25. The summed E-state index contributed by atoms with van der Waals surface area (Å²) in [6, 6.07) is 0. The van der Waals surface area contributed by atoms with Crippen LogP contribution in [0, 0.1) is 5.41 Å². The molecule has 0 aliphatic rings. The van der Waals surface area contributed by atoms with Crippen LogP contribution in [-0.2, 0) is 0 Å². The molecule has 0 rings (SSSR count). The van der Waals surface area contributed by atoms with E-state index in [1.807, 2.05) is 6.92 Å². The molecule has 0 aromatic rings. The summed E-state index contributed by atoms with van der Waals surface area (Å²) >= 11 is 0. The molecule has 0 saturated heterocycles. The van der Waals surface area contributed by atoms with Crippen molar-refractivity contribution in [3.8, 4) is 0 Å². The number of hydrogen-bond acceptors (Lipinski definition) is 4. The molecule has 0 saturated carbocycles. The molecule has 100 valence electrons. The fourth-order valence-corrected chi connectivity index (χ4v) is 0.846. The molecule has 0 unspecified atom stereocenters. The molecule has 0 amide bonds. The second kappa shape index (κ2) is 8.93. The summed E-state index contributed by atoms with van der Waals surface area (Å²) in [6.07, 6.45) is 4.44. The van der Waals surface area contributed by atoms with Gasteiger partial charge in [-0.2, -0.15) is 0 Å². The number of nitrogens with two attached hydrogens (primary N) is 4. The molecule has 4 heteroatoms. The third-order valence-electron chi connectivity index (χ3n) is 3.25. The predicted molar refractivity (Wildman–Crippen MR) is 72.8 cm³/mol. The summed E-state index contributed by atoms with van der Waals surface area (Å²) in [6.45, 7) is 9.72. The highest BCUT2D eigenvalue weighted by atomic mass is 15.0. The second-order valence-corrected chi connectivity index (χ2v) is 5.16. The van der Waals surface area contributed by atoms with E-state index < -0.39 is 5.66 Å². The van der Waals surface area contributed by atoms with E-state index in [1.165, 1.54) is 6.42 Å². The average molecular weight is 232 g/mol. The van der Waals surface area contributed by atoms with Crippen LogP contribution in [-0.4, -0.2) is 18.8 Å². The van der Waals surface area contributed by atoms with Gasteiger partial charge in [-0.15, -0.1) is 0 Å². The highest BCUT2D eigenvalue weighted by Crippen LogP contribution is 2.27. The van der Waals surface area contributed by atoms with Gasteiger partial charge in [-0.1, -0.05) is 27.2 Å². The quantitative estimate of drug-likeness (QED) is 0.407. The van der Waals surface area contributed by atoms with Crippen LogP contribution in [0.2, 0.25) is 0 Å². The van der Waals surface area contributed by atoms with Crippen molar-refractivity contribution in [2.24, 2.45) is 28.3 Å². The van der Waals surface area contributed by atoms with Crippen LogP contribution in [0.15, 0.2) is 0 Å². The largest absolute Gasteiger partial charge is 0.330 e. The molecule has 0 fully saturated rings. The molecule has 0 aromatic carbocycles. The van der Waals surface area contributed by atoms with Crippen molar-refractivity contribution in [3.63, 3.8) is 0 Å². The SMILES string of the molecule is CCC(C)(C)C(C)(N)N.NCCCCCN. The van der Waals surface area contributed by atoms with Crippen LogP contribution in [0.5, 0.6) is 0 Å². The molecule has 0 bridgehead atoms. The normalized spacial score (nSPS) is 12.0. The third kappa shape index (κ3) is 9.09. The molecule has 0 radical (unpaired) electrons. The summed E-state index contributed by atoms with van der Waals surface area (Å²) in [4.78, 5) is 0. The first-order valence-corrected chi connectivity index (χ1v) is 6.20. The Kier molecular flexibility index (Phi) is 10.2. The molecule has 0 heterocycles. The molecular formula is C12H32N4. The van der Waals surface area contributed by atoms with Gasteiger partial charge in [-0.3, -0.25) is 0 Å². The van der Waals surface area contributed by atoms with Crippen molar-refractivity contribution < 1.29 is 0 Å². The van der Waals surface area contributed by atoms with Gasteiger partial charge in [0.1, 0.15) is 0 Å². The number of rotatable bonds is 6. The zero-order valence-electron chi connectivity index (χ0n) is 11.6. The van der Waals surface area contributed by atoms with Crippen LogP contribution in [0.25, 0.3) is 0 Å². The van der Waals surface area contributed by atoms with Crippen LogP contribution in [0.1, 0.15) is 53.4 Å². The van der Waals surface area contributed by atoms with Crippen molar-refractivity contribution in [1.82, 2.24) is 0 Å². The molecule has 0 aliphatic heterocycles. The van der Waals surface area contributed by atoms with E-state index in [1.54, 1.807) is 0 Å². The van der Waals surface area contributed by atoms with Crippen LogP contribution in [0.3, 0.4) is 0 Å². The van der Waals surface area contributed by atoms with Gasteiger partial charge in [-0.25, -0.2) is 0 Å². The smallest absolute Gasteiger partial charge is 0.0659 e. The standard InChI is InChI=1S/C7H18N2.C5H14N2/c1-5-6(2,3)7(4,8)9;6-4-2-1-3-5-7/h5,8-9H2,1-4H3;1-7H2. The summed E-state index contributed by atoms with van der Waals surface area (Å²) in [5.41, 5.74) is 21.3. The van der Waals surface area contributed by atoms with E-state index in [0.29, 0.717) is 0 Å². The van der Waals surface area contributed by atoms with Crippen LogP contribution >= 0.6 is 0 Å². The van der Waals surface area contributed by atoms with Gasteiger partial charge < -0.3 is 22.9 Å². The van der Waals surface area contributed by atoms with E-state index in [0.717, 1.165) is 32.4 Å². The lowest BCUT2D eigenvalue weighted by atomic mass is 9.79. The first-order valence-electron chi connectivity index (χ1n) is 6.20. The lowest BCUT2D eigenvalue weighted by molar-refractivity contribution is 0.182. The Bertz CT molecular complexity index is 146. The number of hydrogen-bond donors (Lipinski definition) is 4. The van der Waals surface area contributed by atoms with E-state index in [9.17, 15) is 0 Å². The first kappa shape index (κ1) is 18.2. The van der Waals surface area contributed by atoms with Crippen molar-refractivity contribution in [2.45, 2.75) is 59.0 Å². The monoisotopic (exact) mass is 232 g/mol. The topological polar surface area (TPSA) is 104 Å². The predicted octanol–water partition coefficient (Wildman–Crippen LogP) is 1.13. The van der Waals surface area contributed by atoms with Gasteiger partial charge in [0.25, 0.3) is 0 Å². The van der Waals surface area contributed by atoms with Crippen molar-refractivity contribution >= 4 is 0 Å². The lowest BCUT2D eigenvalue weighted by Crippen LogP contribution is -2.57. The summed E-state index contributed by atoms with van der Waals surface area (Å²) in [5.74, 6) is 0. The zero-order valence-corrected chi connectivity index (χ0v) is 11.6.